The van der Waals surface area contributed by atoms with Gasteiger partial charge in [0.05, 0.1) is 0 Å². The fourth-order valence-corrected chi connectivity index (χ4v) is 7.99. The van der Waals surface area contributed by atoms with E-state index in [-0.39, 0.29) is 31.1 Å². The second-order valence-corrected chi connectivity index (χ2v) is 19.1. The maximum Gasteiger partial charge on any atom is 0.306 e. The second kappa shape index (κ2) is 45.9. The zero-order chi connectivity index (χ0) is 43.3. The first kappa shape index (κ1) is 57.4. The lowest BCUT2D eigenvalue weighted by molar-refractivity contribution is -0.167. The lowest BCUT2D eigenvalue weighted by atomic mass is 10.0. The summed E-state index contributed by atoms with van der Waals surface area (Å²) in [5.41, 5.74) is 0. The Labute approximate surface area is 368 Å². The molecule has 59 heavy (non-hydrogen) atoms. The van der Waals surface area contributed by atoms with Crippen LogP contribution in [0.4, 0.5) is 0 Å². The molecular formula is C53H102O6. The first-order valence-corrected chi connectivity index (χ1v) is 26.2. The van der Waals surface area contributed by atoms with Crippen LogP contribution >= 0.6 is 0 Å². The molecule has 0 amide bonds. The number of esters is 3. The molecule has 0 saturated carbocycles. The monoisotopic (exact) mass is 835 g/mol. The van der Waals surface area contributed by atoms with E-state index in [1.54, 1.807) is 0 Å². The Bertz CT molecular complexity index is 900. The van der Waals surface area contributed by atoms with Crippen molar-refractivity contribution >= 4 is 17.9 Å². The molecule has 6 heteroatoms. The first-order chi connectivity index (χ1) is 28.7. The van der Waals surface area contributed by atoms with Crippen molar-refractivity contribution in [3.8, 4) is 0 Å². The molecule has 0 unspecified atom stereocenters. The average molecular weight is 835 g/mol. The smallest absolute Gasteiger partial charge is 0.306 e. The largest absolute Gasteiger partial charge is 0.462 e. The van der Waals surface area contributed by atoms with Gasteiger partial charge in [0.15, 0.2) is 6.10 Å². The molecule has 0 aromatic carbocycles. The molecule has 6 nitrogen and oxygen atoms in total. The highest BCUT2D eigenvalue weighted by molar-refractivity contribution is 5.71. The van der Waals surface area contributed by atoms with E-state index in [1.165, 1.54) is 180 Å². The maximum atomic E-state index is 12.8. The third kappa shape index (κ3) is 47.3. The molecule has 0 bridgehead atoms. The molecule has 0 N–H and O–H groups in total. The SMILES string of the molecule is CCCCCCCCCCCC(=O)OC[C@@H](COC(=O)CCCCCCCCCCCCCCCCCCC(C)C)OC(=O)CCCCCCCCCCCCC(C)C. The Kier molecular flexibility index (Phi) is 44.7. The highest BCUT2D eigenvalue weighted by Crippen LogP contribution is 2.17. The van der Waals surface area contributed by atoms with Gasteiger partial charge in [-0.2, -0.15) is 0 Å². The van der Waals surface area contributed by atoms with Crippen LogP contribution in [0.15, 0.2) is 0 Å². The molecule has 0 aromatic heterocycles. The summed E-state index contributed by atoms with van der Waals surface area (Å²) >= 11 is 0. The van der Waals surface area contributed by atoms with E-state index in [1.807, 2.05) is 0 Å². The van der Waals surface area contributed by atoms with Gasteiger partial charge >= 0.3 is 17.9 Å². The van der Waals surface area contributed by atoms with Crippen LogP contribution in [0.25, 0.3) is 0 Å². The molecule has 0 aromatic rings. The lowest BCUT2D eigenvalue weighted by Crippen LogP contribution is -2.30. The van der Waals surface area contributed by atoms with Gasteiger partial charge in [0.2, 0.25) is 0 Å². The minimum absolute atomic E-state index is 0.0637. The van der Waals surface area contributed by atoms with Gasteiger partial charge in [0.25, 0.3) is 0 Å². The van der Waals surface area contributed by atoms with E-state index in [0.717, 1.165) is 69.6 Å². The van der Waals surface area contributed by atoms with Gasteiger partial charge in [-0.1, -0.05) is 253 Å². The number of ether oxygens (including phenoxy) is 3. The minimum atomic E-state index is -0.761. The number of carbonyl (C=O) groups is 3. The Morgan fingerprint density at radius 3 is 0.831 bits per heavy atom. The van der Waals surface area contributed by atoms with Crippen LogP contribution in [-0.4, -0.2) is 37.2 Å². The molecule has 0 radical (unpaired) electrons. The van der Waals surface area contributed by atoms with Crippen LogP contribution < -0.4 is 0 Å². The molecule has 350 valence electrons. The van der Waals surface area contributed by atoms with E-state index in [2.05, 4.69) is 34.6 Å². The van der Waals surface area contributed by atoms with Crippen LogP contribution in [0.2, 0.25) is 0 Å². The van der Waals surface area contributed by atoms with Crippen molar-refractivity contribution < 1.29 is 28.6 Å². The minimum Gasteiger partial charge on any atom is -0.462 e. The van der Waals surface area contributed by atoms with Crippen LogP contribution in [0, 0.1) is 11.8 Å². The van der Waals surface area contributed by atoms with Crippen LogP contribution in [0.3, 0.4) is 0 Å². The summed E-state index contributed by atoms with van der Waals surface area (Å²) in [6.45, 7) is 11.4. The van der Waals surface area contributed by atoms with Gasteiger partial charge in [-0.05, 0) is 31.1 Å². The van der Waals surface area contributed by atoms with Crippen molar-refractivity contribution in [2.45, 2.75) is 298 Å². The molecule has 0 spiro atoms. The summed E-state index contributed by atoms with van der Waals surface area (Å²) in [4.78, 5) is 37.9. The van der Waals surface area contributed by atoms with Crippen molar-refractivity contribution in [3.05, 3.63) is 0 Å². The van der Waals surface area contributed by atoms with Crippen molar-refractivity contribution in [2.75, 3.05) is 13.2 Å². The van der Waals surface area contributed by atoms with E-state index in [0.29, 0.717) is 19.3 Å². The fraction of sp³-hybridized carbons (Fsp3) is 0.943. The van der Waals surface area contributed by atoms with Gasteiger partial charge < -0.3 is 14.2 Å². The zero-order valence-electron chi connectivity index (χ0n) is 40.4. The molecule has 0 saturated heterocycles. The molecule has 0 aliphatic heterocycles. The quantitative estimate of drug-likeness (QED) is 0.0345. The second-order valence-electron chi connectivity index (χ2n) is 19.1. The van der Waals surface area contributed by atoms with Crippen LogP contribution in [-0.2, 0) is 28.6 Å². The van der Waals surface area contributed by atoms with Crippen molar-refractivity contribution in [1.29, 1.82) is 0 Å². The summed E-state index contributed by atoms with van der Waals surface area (Å²) in [7, 11) is 0. The lowest BCUT2D eigenvalue weighted by Gasteiger charge is -2.18. The highest BCUT2D eigenvalue weighted by Gasteiger charge is 2.19. The topological polar surface area (TPSA) is 78.9 Å². The number of hydrogen-bond acceptors (Lipinski definition) is 6. The first-order valence-electron chi connectivity index (χ1n) is 26.2. The van der Waals surface area contributed by atoms with Crippen LogP contribution in [0.5, 0.6) is 0 Å². The predicted molar refractivity (Wildman–Crippen MR) is 252 cm³/mol. The number of rotatable bonds is 47. The normalized spacial score (nSPS) is 12.1. The Morgan fingerprint density at radius 1 is 0.322 bits per heavy atom. The van der Waals surface area contributed by atoms with Crippen molar-refractivity contribution in [2.24, 2.45) is 11.8 Å². The summed E-state index contributed by atoms with van der Waals surface area (Å²) in [5, 5.41) is 0. The van der Waals surface area contributed by atoms with E-state index in [4.69, 9.17) is 14.2 Å². The van der Waals surface area contributed by atoms with Crippen molar-refractivity contribution in [1.82, 2.24) is 0 Å². The summed E-state index contributed by atoms with van der Waals surface area (Å²) < 4.78 is 16.8. The number of unbranched alkanes of at least 4 members (excludes halogenated alkanes) is 32. The number of hydrogen-bond donors (Lipinski definition) is 0. The van der Waals surface area contributed by atoms with E-state index in [9.17, 15) is 14.4 Å². The summed E-state index contributed by atoms with van der Waals surface area (Å²) in [6.07, 6.45) is 46.7. The van der Waals surface area contributed by atoms with Gasteiger partial charge in [0, 0.05) is 19.3 Å². The Hall–Kier alpha value is -1.59. The van der Waals surface area contributed by atoms with Gasteiger partial charge in [-0.3, -0.25) is 14.4 Å². The Morgan fingerprint density at radius 2 is 0.559 bits per heavy atom. The molecular weight excluding hydrogens is 733 g/mol. The molecule has 0 aliphatic carbocycles. The third-order valence-corrected chi connectivity index (χ3v) is 12.0. The fourth-order valence-electron chi connectivity index (χ4n) is 7.99. The zero-order valence-corrected chi connectivity index (χ0v) is 40.4. The standard InChI is InChI=1S/C53H102O6/c1-6-7-8-9-10-21-28-33-38-43-51(54)57-46-50(59-53(56)45-40-35-30-25-20-19-23-27-32-37-42-49(4)5)47-58-52(55)44-39-34-29-24-18-16-14-12-11-13-15-17-22-26-31-36-41-48(2)3/h48-50H,6-47H2,1-5H3/t50-/m0/s1. The van der Waals surface area contributed by atoms with Crippen LogP contribution in [0.1, 0.15) is 291 Å². The summed E-state index contributed by atoms with van der Waals surface area (Å²) in [6, 6.07) is 0. The predicted octanol–water partition coefficient (Wildman–Crippen LogP) is 16.9. The Balaban J connectivity index is 4.22. The molecule has 0 rings (SSSR count). The van der Waals surface area contributed by atoms with Gasteiger partial charge in [0.1, 0.15) is 13.2 Å². The van der Waals surface area contributed by atoms with Gasteiger partial charge in [-0.15, -0.1) is 0 Å². The highest BCUT2D eigenvalue weighted by atomic mass is 16.6. The number of carbonyl (C=O) groups excluding carboxylic acids is 3. The third-order valence-electron chi connectivity index (χ3n) is 12.0. The summed E-state index contributed by atoms with van der Waals surface area (Å²) in [5.74, 6) is 0.819. The maximum absolute atomic E-state index is 12.8. The molecule has 0 heterocycles. The van der Waals surface area contributed by atoms with Gasteiger partial charge in [-0.25, -0.2) is 0 Å². The molecule has 0 fully saturated rings. The van der Waals surface area contributed by atoms with Crippen molar-refractivity contribution in [3.63, 3.8) is 0 Å². The van der Waals surface area contributed by atoms with E-state index >= 15 is 0 Å². The average Bonchev–Trinajstić information content (AvgIpc) is 3.20. The van der Waals surface area contributed by atoms with E-state index < -0.39 is 6.10 Å². The molecule has 1 atom stereocenters. The molecule has 0 aliphatic rings.